The lowest BCUT2D eigenvalue weighted by Gasteiger charge is -2.30. The van der Waals surface area contributed by atoms with Crippen LogP contribution in [0.2, 0.25) is 10.0 Å². The minimum Gasteiger partial charge on any atom is -0.460 e. The van der Waals surface area contributed by atoms with Gasteiger partial charge in [-0.15, -0.1) is 0 Å². The molecule has 0 saturated carbocycles. The van der Waals surface area contributed by atoms with Gasteiger partial charge in [0.15, 0.2) is 5.11 Å². The highest BCUT2D eigenvalue weighted by molar-refractivity contribution is 7.80. The van der Waals surface area contributed by atoms with Gasteiger partial charge >= 0.3 is 5.97 Å². The van der Waals surface area contributed by atoms with Gasteiger partial charge in [-0.1, -0.05) is 29.3 Å². The molecule has 0 radical (unpaired) electrons. The summed E-state index contributed by atoms with van der Waals surface area (Å²) in [6.45, 7) is 2.27. The molecule has 0 bridgehead atoms. The van der Waals surface area contributed by atoms with Crippen LogP contribution < -0.4 is 10.6 Å². The van der Waals surface area contributed by atoms with Gasteiger partial charge in [0.05, 0.1) is 28.3 Å². The number of methoxy groups -OCH3 is 1. The van der Waals surface area contributed by atoms with Crippen molar-refractivity contribution in [3.63, 3.8) is 0 Å². The van der Waals surface area contributed by atoms with Gasteiger partial charge in [0, 0.05) is 12.8 Å². The van der Waals surface area contributed by atoms with E-state index >= 15 is 0 Å². The number of rotatable bonds is 5. The first-order chi connectivity index (χ1) is 10.9. The molecule has 0 unspecified atom stereocenters. The van der Waals surface area contributed by atoms with Crippen LogP contribution >= 0.6 is 35.4 Å². The van der Waals surface area contributed by atoms with Crippen LogP contribution in [0.5, 0.6) is 0 Å². The SMILES string of the molecule is COCCOC(=O)C1=C(C)NC(=S)N[C@@H]1c1ccc(Cl)c(Cl)c1. The smallest absolute Gasteiger partial charge is 0.338 e. The molecule has 2 rings (SSSR count). The quantitative estimate of drug-likeness (QED) is 0.469. The average molecular weight is 375 g/mol. The van der Waals surface area contributed by atoms with Crippen LogP contribution in [0.4, 0.5) is 0 Å². The Labute approximate surface area is 149 Å². The molecule has 0 amide bonds. The second kappa shape index (κ2) is 7.97. The molecule has 0 spiro atoms. The van der Waals surface area contributed by atoms with Gasteiger partial charge in [-0.25, -0.2) is 4.79 Å². The molecule has 1 atom stereocenters. The van der Waals surface area contributed by atoms with E-state index in [1.165, 1.54) is 0 Å². The lowest BCUT2D eigenvalue weighted by Crippen LogP contribution is -2.45. The van der Waals surface area contributed by atoms with Crippen LogP contribution in [0.25, 0.3) is 0 Å². The van der Waals surface area contributed by atoms with Crippen molar-refractivity contribution in [1.29, 1.82) is 0 Å². The van der Waals surface area contributed by atoms with Crippen molar-refractivity contribution in [2.75, 3.05) is 20.3 Å². The van der Waals surface area contributed by atoms with Gasteiger partial charge in [-0.3, -0.25) is 0 Å². The summed E-state index contributed by atoms with van der Waals surface area (Å²) in [5.41, 5.74) is 1.83. The van der Waals surface area contributed by atoms with Gasteiger partial charge in [-0.2, -0.15) is 0 Å². The van der Waals surface area contributed by atoms with E-state index in [2.05, 4.69) is 10.6 Å². The average Bonchev–Trinajstić information content (AvgIpc) is 2.49. The first kappa shape index (κ1) is 18.0. The zero-order valence-electron chi connectivity index (χ0n) is 12.6. The molecule has 0 aliphatic carbocycles. The summed E-state index contributed by atoms with van der Waals surface area (Å²) >= 11 is 17.2. The molecule has 124 valence electrons. The van der Waals surface area contributed by atoms with E-state index in [0.717, 1.165) is 5.56 Å². The van der Waals surface area contributed by atoms with Crippen LogP contribution in [0.3, 0.4) is 0 Å². The van der Waals surface area contributed by atoms with Gasteiger partial charge in [-0.05, 0) is 36.8 Å². The van der Waals surface area contributed by atoms with Crippen LogP contribution in [-0.4, -0.2) is 31.4 Å². The number of thiocarbonyl (C=S) groups is 1. The van der Waals surface area contributed by atoms with E-state index in [4.69, 9.17) is 44.9 Å². The summed E-state index contributed by atoms with van der Waals surface area (Å²) in [6, 6.07) is 4.70. The molecule has 23 heavy (non-hydrogen) atoms. The Morgan fingerprint density at radius 1 is 1.30 bits per heavy atom. The molecule has 0 aromatic heterocycles. The Morgan fingerprint density at radius 3 is 2.70 bits per heavy atom. The highest BCUT2D eigenvalue weighted by atomic mass is 35.5. The molecule has 8 heteroatoms. The van der Waals surface area contributed by atoms with E-state index in [0.29, 0.717) is 33.0 Å². The number of allylic oxidation sites excluding steroid dienone is 1. The predicted molar refractivity (Wildman–Crippen MR) is 93.6 cm³/mol. The Kier molecular flexibility index (Phi) is 6.24. The van der Waals surface area contributed by atoms with Crippen LogP contribution in [-0.2, 0) is 14.3 Å². The van der Waals surface area contributed by atoms with Gasteiger partial charge < -0.3 is 20.1 Å². The van der Waals surface area contributed by atoms with Crippen molar-refractivity contribution in [1.82, 2.24) is 10.6 Å². The number of halogens is 2. The number of ether oxygens (including phenoxy) is 2. The number of esters is 1. The summed E-state index contributed by atoms with van der Waals surface area (Å²) in [7, 11) is 1.54. The highest BCUT2D eigenvalue weighted by Gasteiger charge is 2.31. The molecule has 5 nitrogen and oxygen atoms in total. The normalized spacial score (nSPS) is 17.6. The highest BCUT2D eigenvalue weighted by Crippen LogP contribution is 2.31. The summed E-state index contributed by atoms with van der Waals surface area (Å²) in [4.78, 5) is 12.4. The molecular weight excluding hydrogens is 359 g/mol. The third-order valence-corrected chi connectivity index (χ3v) is 4.25. The van der Waals surface area contributed by atoms with Crippen molar-refractivity contribution in [2.24, 2.45) is 0 Å². The fourth-order valence-electron chi connectivity index (χ4n) is 2.20. The second-order valence-electron chi connectivity index (χ2n) is 4.87. The maximum Gasteiger partial charge on any atom is 0.338 e. The molecular formula is C15H16Cl2N2O3S. The standard InChI is InChI=1S/C15H16Cl2N2O3S/c1-8-12(14(20)22-6-5-21-2)13(19-15(23)18-8)9-3-4-10(16)11(17)7-9/h3-4,7,13H,5-6H2,1-2H3,(H2,18,19,23)/t13-/m1/s1. The topological polar surface area (TPSA) is 59.6 Å². The van der Waals surface area contributed by atoms with E-state index in [9.17, 15) is 4.79 Å². The Morgan fingerprint density at radius 2 is 2.04 bits per heavy atom. The molecule has 1 aromatic carbocycles. The minimum absolute atomic E-state index is 0.171. The Hall–Kier alpha value is -1.34. The number of benzene rings is 1. The third-order valence-electron chi connectivity index (χ3n) is 3.29. The van der Waals surface area contributed by atoms with Crippen molar-refractivity contribution >= 4 is 46.5 Å². The number of carbonyl (C=O) groups excluding carboxylic acids is 1. The molecule has 1 aromatic rings. The lowest BCUT2D eigenvalue weighted by atomic mass is 9.96. The monoisotopic (exact) mass is 374 g/mol. The fourth-order valence-corrected chi connectivity index (χ4v) is 2.78. The first-order valence-corrected chi connectivity index (χ1v) is 7.99. The predicted octanol–water partition coefficient (Wildman–Crippen LogP) is 2.98. The minimum atomic E-state index is -0.464. The van der Waals surface area contributed by atoms with Gasteiger partial charge in [0.1, 0.15) is 6.61 Å². The summed E-state index contributed by atoms with van der Waals surface area (Å²) in [5, 5.41) is 7.26. The lowest BCUT2D eigenvalue weighted by molar-refractivity contribution is -0.140. The molecule has 2 N–H and O–H groups in total. The number of nitrogens with one attached hydrogen (secondary N) is 2. The second-order valence-corrected chi connectivity index (χ2v) is 6.10. The molecule has 0 fully saturated rings. The number of hydrogen-bond donors (Lipinski definition) is 2. The van der Waals surface area contributed by atoms with Crippen molar-refractivity contribution in [3.05, 3.63) is 45.1 Å². The fraction of sp³-hybridized carbons (Fsp3) is 0.333. The first-order valence-electron chi connectivity index (χ1n) is 6.83. The van der Waals surface area contributed by atoms with Crippen LogP contribution in [0.1, 0.15) is 18.5 Å². The molecule has 0 saturated heterocycles. The number of hydrogen-bond acceptors (Lipinski definition) is 4. The van der Waals surface area contributed by atoms with E-state index in [1.54, 1.807) is 32.2 Å². The van der Waals surface area contributed by atoms with Crippen molar-refractivity contribution < 1.29 is 14.3 Å². The largest absolute Gasteiger partial charge is 0.460 e. The van der Waals surface area contributed by atoms with E-state index < -0.39 is 12.0 Å². The maximum absolute atomic E-state index is 12.4. The third kappa shape index (κ3) is 4.35. The van der Waals surface area contributed by atoms with Crippen molar-refractivity contribution in [3.8, 4) is 0 Å². The maximum atomic E-state index is 12.4. The molecule has 1 aliphatic rings. The Balaban J connectivity index is 2.33. The zero-order valence-corrected chi connectivity index (χ0v) is 14.9. The van der Waals surface area contributed by atoms with Crippen LogP contribution in [0.15, 0.2) is 29.5 Å². The molecule has 1 aliphatic heterocycles. The summed E-state index contributed by atoms with van der Waals surface area (Å²) in [5.74, 6) is -0.446. The summed E-state index contributed by atoms with van der Waals surface area (Å²) in [6.07, 6.45) is 0. The van der Waals surface area contributed by atoms with E-state index in [1.807, 2.05) is 0 Å². The Bertz CT molecular complexity index is 664. The van der Waals surface area contributed by atoms with Gasteiger partial charge in [0.25, 0.3) is 0 Å². The van der Waals surface area contributed by atoms with Crippen molar-refractivity contribution in [2.45, 2.75) is 13.0 Å². The van der Waals surface area contributed by atoms with E-state index in [-0.39, 0.29) is 6.61 Å². The number of carbonyl (C=O) groups is 1. The molecule has 1 heterocycles. The zero-order chi connectivity index (χ0) is 17.0. The van der Waals surface area contributed by atoms with Crippen LogP contribution in [0, 0.1) is 0 Å². The van der Waals surface area contributed by atoms with Gasteiger partial charge in [0.2, 0.25) is 0 Å². The summed E-state index contributed by atoms with van der Waals surface area (Å²) < 4.78 is 10.1.